The Bertz CT molecular complexity index is 264. The third kappa shape index (κ3) is 4.27. The zero-order valence-electron chi connectivity index (χ0n) is 8.60. The molecule has 5 heteroatoms. The number of nitrogens with two attached hydrogens (primary N) is 2. The van der Waals surface area contributed by atoms with Crippen LogP contribution in [0.15, 0.2) is 12.1 Å². The van der Waals surface area contributed by atoms with E-state index in [0.29, 0.717) is 12.8 Å². The minimum atomic E-state index is -0.192. The molecule has 1 aromatic heterocycles. The minimum absolute atomic E-state index is 0.00336. The van der Waals surface area contributed by atoms with E-state index in [0.717, 1.165) is 9.75 Å². The Labute approximate surface area is 93.5 Å². The van der Waals surface area contributed by atoms with Crippen molar-refractivity contribution in [2.45, 2.75) is 24.9 Å². The van der Waals surface area contributed by atoms with Gasteiger partial charge < -0.3 is 21.7 Å². The number of hydrogen-bond donors (Lipinski definition) is 4. The first-order valence-electron chi connectivity index (χ1n) is 4.96. The lowest BCUT2D eigenvalue weighted by Gasteiger charge is -2.06. The maximum Gasteiger partial charge on any atom is 0.0586 e. The maximum atomic E-state index is 8.81. The van der Waals surface area contributed by atoms with Gasteiger partial charge in [-0.2, -0.15) is 0 Å². The summed E-state index contributed by atoms with van der Waals surface area (Å²) in [6.07, 6.45) is 1.38. The topological polar surface area (TPSA) is 92.5 Å². The molecule has 0 saturated carbocycles. The van der Waals surface area contributed by atoms with Crippen LogP contribution in [0.25, 0.3) is 0 Å². The third-order valence-corrected chi connectivity index (χ3v) is 3.24. The molecule has 0 aromatic carbocycles. The molecule has 86 valence electrons. The molecule has 0 saturated heterocycles. The van der Waals surface area contributed by atoms with E-state index in [1.54, 1.807) is 11.3 Å². The Morgan fingerprint density at radius 1 is 1.00 bits per heavy atom. The molecule has 0 radical (unpaired) electrons. The summed E-state index contributed by atoms with van der Waals surface area (Å²) in [7, 11) is 0. The Hall–Kier alpha value is -0.460. The predicted octanol–water partition coefficient (Wildman–Crippen LogP) is -0.528. The molecule has 1 heterocycles. The molecule has 0 amide bonds. The van der Waals surface area contributed by atoms with Crippen LogP contribution in [0.4, 0.5) is 0 Å². The van der Waals surface area contributed by atoms with Crippen molar-refractivity contribution in [3.8, 4) is 0 Å². The van der Waals surface area contributed by atoms with Gasteiger partial charge in [0.15, 0.2) is 0 Å². The molecule has 0 fully saturated rings. The Morgan fingerprint density at radius 3 is 1.73 bits per heavy atom. The van der Waals surface area contributed by atoms with Crippen LogP contribution in [0.2, 0.25) is 0 Å². The van der Waals surface area contributed by atoms with Crippen molar-refractivity contribution in [2.75, 3.05) is 13.2 Å². The second-order valence-corrected chi connectivity index (χ2v) is 4.91. The molecule has 1 rings (SSSR count). The van der Waals surface area contributed by atoms with Gasteiger partial charge >= 0.3 is 0 Å². The first-order valence-corrected chi connectivity index (χ1v) is 5.77. The lowest BCUT2D eigenvalue weighted by molar-refractivity contribution is 0.265. The highest BCUT2D eigenvalue weighted by Gasteiger charge is 2.08. The van der Waals surface area contributed by atoms with Crippen LogP contribution >= 0.6 is 11.3 Å². The van der Waals surface area contributed by atoms with Gasteiger partial charge in [-0.25, -0.2) is 0 Å². The molecule has 0 spiro atoms. The number of aliphatic hydroxyl groups is 2. The van der Waals surface area contributed by atoms with E-state index < -0.39 is 0 Å². The van der Waals surface area contributed by atoms with Gasteiger partial charge in [-0.05, 0) is 25.0 Å². The summed E-state index contributed by atoms with van der Waals surface area (Å²) >= 11 is 1.64. The van der Waals surface area contributed by atoms with Crippen molar-refractivity contribution in [1.82, 2.24) is 0 Å². The predicted molar refractivity (Wildman–Crippen MR) is 61.8 cm³/mol. The van der Waals surface area contributed by atoms with E-state index in [1.807, 2.05) is 12.1 Å². The highest BCUT2D eigenvalue weighted by molar-refractivity contribution is 7.12. The van der Waals surface area contributed by atoms with Crippen molar-refractivity contribution in [3.63, 3.8) is 0 Å². The van der Waals surface area contributed by atoms with Gasteiger partial charge in [0.1, 0.15) is 0 Å². The summed E-state index contributed by atoms with van der Waals surface area (Å²) in [5.74, 6) is 0. The Kier molecular flexibility index (Phi) is 5.21. The summed E-state index contributed by atoms with van der Waals surface area (Å²) < 4.78 is 0. The zero-order valence-corrected chi connectivity index (χ0v) is 9.41. The van der Waals surface area contributed by atoms with Crippen molar-refractivity contribution in [3.05, 3.63) is 21.9 Å². The molecule has 0 aliphatic heterocycles. The molecule has 0 bridgehead atoms. The van der Waals surface area contributed by atoms with E-state index in [-0.39, 0.29) is 25.3 Å². The third-order valence-electron chi connectivity index (χ3n) is 2.11. The van der Waals surface area contributed by atoms with Crippen molar-refractivity contribution >= 4 is 11.3 Å². The molecule has 2 unspecified atom stereocenters. The summed E-state index contributed by atoms with van der Waals surface area (Å²) in [4.78, 5) is 2.30. The Balaban J connectivity index is 2.49. The van der Waals surface area contributed by atoms with Gasteiger partial charge in [-0.3, -0.25) is 0 Å². The van der Waals surface area contributed by atoms with E-state index >= 15 is 0 Å². The van der Waals surface area contributed by atoms with E-state index in [1.165, 1.54) is 0 Å². The van der Waals surface area contributed by atoms with Gasteiger partial charge in [0.2, 0.25) is 0 Å². The average molecular weight is 230 g/mol. The second kappa shape index (κ2) is 6.19. The quantitative estimate of drug-likeness (QED) is 0.529. The van der Waals surface area contributed by atoms with Gasteiger partial charge in [-0.1, -0.05) is 0 Å². The van der Waals surface area contributed by atoms with Gasteiger partial charge in [-0.15, -0.1) is 11.3 Å². The smallest absolute Gasteiger partial charge is 0.0586 e. The van der Waals surface area contributed by atoms with Crippen LogP contribution in [-0.2, 0) is 12.8 Å². The fourth-order valence-electron chi connectivity index (χ4n) is 1.29. The number of rotatable bonds is 6. The van der Waals surface area contributed by atoms with Crippen LogP contribution < -0.4 is 11.5 Å². The maximum absolute atomic E-state index is 8.81. The zero-order chi connectivity index (χ0) is 11.3. The molecule has 0 aliphatic carbocycles. The molecule has 0 aliphatic rings. The molecule has 4 nitrogen and oxygen atoms in total. The molecule has 1 aromatic rings. The average Bonchev–Trinajstić information content (AvgIpc) is 2.65. The van der Waals surface area contributed by atoms with Gasteiger partial charge in [0.05, 0.1) is 13.2 Å². The standard InChI is InChI=1S/C10H18N2O2S/c11-7(5-13)3-9-1-2-10(15-9)4-8(12)6-14/h1-2,7-8,13-14H,3-6,11-12H2. The first kappa shape index (κ1) is 12.6. The highest BCUT2D eigenvalue weighted by Crippen LogP contribution is 2.18. The lowest BCUT2D eigenvalue weighted by Crippen LogP contribution is -2.26. The van der Waals surface area contributed by atoms with Crippen molar-refractivity contribution in [1.29, 1.82) is 0 Å². The van der Waals surface area contributed by atoms with Gasteiger partial charge in [0.25, 0.3) is 0 Å². The molecular formula is C10H18N2O2S. The van der Waals surface area contributed by atoms with Crippen molar-refractivity contribution < 1.29 is 10.2 Å². The number of thiophene rings is 1. The molecule has 15 heavy (non-hydrogen) atoms. The number of aliphatic hydroxyl groups excluding tert-OH is 2. The summed E-state index contributed by atoms with van der Waals surface area (Å²) in [5, 5.41) is 17.6. The minimum Gasteiger partial charge on any atom is -0.395 e. The van der Waals surface area contributed by atoms with Gasteiger partial charge in [0, 0.05) is 21.8 Å². The van der Waals surface area contributed by atoms with Crippen LogP contribution in [0.1, 0.15) is 9.75 Å². The second-order valence-electron chi connectivity index (χ2n) is 3.66. The lowest BCUT2D eigenvalue weighted by atomic mass is 10.2. The largest absolute Gasteiger partial charge is 0.395 e. The van der Waals surface area contributed by atoms with Crippen LogP contribution in [0.5, 0.6) is 0 Å². The molecule has 2 atom stereocenters. The fourth-order valence-corrected chi connectivity index (χ4v) is 2.49. The highest BCUT2D eigenvalue weighted by atomic mass is 32.1. The van der Waals surface area contributed by atoms with Crippen molar-refractivity contribution in [2.24, 2.45) is 11.5 Å². The monoisotopic (exact) mass is 230 g/mol. The molecular weight excluding hydrogens is 212 g/mol. The summed E-state index contributed by atoms with van der Waals surface area (Å²) in [5.41, 5.74) is 11.3. The fraction of sp³-hybridized carbons (Fsp3) is 0.600. The van der Waals surface area contributed by atoms with E-state index in [4.69, 9.17) is 21.7 Å². The van der Waals surface area contributed by atoms with Crippen LogP contribution in [0.3, 0.4) is 0 Å². The van der Waals surface area contributed by atoms with E-state index in [2.05, 4.69) is 0 Å². The first-order chi connectivity index (χ1) is 7.15. The normalized spacial score (nSPS) is 15.2. The van der Waals surface area contributed by atoms with Crippen LogP contribution in [0, 0.1) is 0 Å². The number of hydrogen-bond acceptors (Lipinski definition) is 5. The summed E-state index contributed by atoms with van der Waals surface area (Å²) in [6, 6.07) is 3.62. The Morgan fingerprint density at radius 2 is 1.40 bits per heavy atom. The summed E-state index contributed by atoms with van der Waals surface area (Å²) in [6.45, 7) is 0.00672. The SMILES string of the molecule is NC(CO)Cc1ccc(CC(N)CO)s1. The van der Waals surface area contributed by atoms with E-state index in [9.17, 15) is 0 Å². The van der Waals surface area contributed by atoms with Crippen LogP contribution in [-0.4, -0.2) is 35.5 Å². The molecule has 6 N–H and O–H groups in total.